The normalized spacial score (nSPS) is 13.3. The van der Waals surface area contributed by atoms with Crippen LogP contribution >= 0.6 is 0 Å². The van der Waals surface area contributed by atoms with Gasteiger partial charge in [0, 0.05) is 50.4 Å². The molecule has 0 atom stereocenters. The Kier molecular flexibility index (Phi) is 8.19. The third-order valence-electron chi connectivity index (χ3n) is 7.14. The van der Waals surface area contributed by atoms with Gasteiger partial charge in [-0.3, -0.25) is 0 Å². The second-order valence-corrected chi connectivity index (χ2v) is 10.1. The maximum atomic E-state index is 13.9. The summed E-state index contributed by atoms with van der Waals surface area (Å²) < 4.78 is 85.9. The fourth-order valence-electron chi connectivity index (χ4n) is 4.93. The minimum atomic E-state index is -4.63. The van der Waals surface area contributed by atoms with Gasteiger partial charge >= 0.3 is 6.18 Å². The summed E-state index contributed by atoms with van der Waals surface area (Å²) in [5, 5.41) is 1.16. The first-order valence-electron chi connectivity index (χ1n) is 16.5. The molecule has 0 aliphatic heterocycles. The maximum Gasteiger partial charge on any atom is 0.418 e. The molecule has 4 nitrogen and oxygen atoms in total. The molecule has 3 aromatic carbocycles. The maximum absolute atomic E-state index is 13.9. The van der Waals surface area contributed by atoms with Crippen molar-refractivity contribution >= 4 is 22.1 Å². The molecular weight excluding hydrogens is 764 g/mol. The first-order valence-corrected chi connectivity index (χ1v) is 14.0. The van der Waals surface area contributed by atoms with Crippen LogP contribution in [0.3, 0.4) is 0 Å². The van der Waals surface area contributed by atoms with Crippen molar-refractivity contribution in [3.05, 3.63) is 150 Å². The smallest absolute Gasteiger partial charge is 0.418 e. The molecule has 0 saturated carbocycles. The van der Waals surface area contributed by atoms with Crippen molar-refractivity contribution in [2.45, 2.75) is 32.7 Å². The summed E-state index contributed by atoms with van der Waals surface area (Å²) in [5.41, 5.74) is 2.89. The van der Waals surface area contributed by atoms with E-state index >= 15 is 0 Å². The van der Waals surface area contributed by atoms with Crippen molar-refractivity contribution in [2.75, 3.05) is 0 Å². The van der Waals surface area contributed by atoms with Crippen molar-refractivity contribution < 1.29 is 44.5 Å². The van der Waals surface area contributed by atoms with Gasteiger partial charge in [0.15, 0.2) is 0 Å². The fourth-order valence-corrected chi connectivity index (χ4v) is 4.93. The average Bonchev–Trinajstić information content (AvgIpc) is 3.47. The standard InChI is InChI=1S/C27H20F3N2O.C11H8N.Ir/c1-3-17-8-10-18(11-9-17)13-19-14-24(31-15-23(19)27(28,29)30)22-6-4-5-20-21-12-7-16(2)32-26(21)33-25(20)22;1-2-6-10(7-3-1)11-8-4-5-9-12-11;/h4-5,7-12,14-15H,3,13H2,1-2H3;1-6,8-9H;/q2*-1;/i2D3,3D2;;. The number of halogens is 3. The molecule has 7 rings (SSSR count). The predicted octanol–water partition coefficient (Wildman–Crippen LogP) is 9.87. The number of hydrogen-bond donors (Lipinski definition) is 0. The molecule has 7 aromatic rings. The van der Waals surface area contributed by atoms with E-state index in [1.54, 1.807) is 48.7 Å². The van der Waals surface area contributed by atoms with Crippen LogP contribution in [-0.4, -0.2) is 15.0 Å². The van der Waals surface area contributed by atoms with Crippen LogP contribution in [0.15, 0.2) is 114 Å². The Morgan fingerprint density at radius 1 is 0.848 bits per heavy atom. The predicted molar refractivity (Wildman–Crippen MR) is 170 cm³/mol. The number of fused-ring (bicyclic) bond motifs is 3. The Bertz CT molecular complexity index is 2220. The van der Waals surface area contributed by atoms with Gasteiger partial charge in [-0.25, -0.2) is 4.98 Å². The summed E-state index contributed by atoms with van der Waals surface area (Å²) in [6, 6.07) is 33.8. The number of alkyl halides is 3. The summed E-state index contributed by atoms with van der Waals surface area (Å²) in [4.78, 5) is 12.4. The van der Waals surface area contributed by atoms with E-state index < -0.39 is 25.0 Å². The van der Waals surface area contributed by atoms with Gasteiger partial charge in [0.25, 0.3) is 0 Å². The van der Waals surface area contributed by atoms with Crippen LogP contribution in [0, 0.1) is 19.0 Å². The second kappa shape index (κ2) is 14.2. The number of aryl methyl sites for hydroxylation is 2. The van der Waals surface area contributed by atoms with Crippen LogP contribution < -0.4 is 0 Å². The van der Waals surface area contributed by atoms with Crippen molar-refractivity contribution in [1.29, 1.82) is 0 Å². The van der Waals surface area contributed by atoms with Gasteiger partial charge in [0.05, 0.1) is 11.1 Å². The summed E-state index contributed by atoms with van der Waals surface area (Å²) in [5.74, 6) is 0. The number of hydrogen-bond acceptors (Lipinski definition) is 4. The summed E-state index contributed by atoms with van der Waals surface area (Å²) in [7, 11) is 0. The van der Waals surface area contributed by atoms with Gasteiger partial charge < -0.3 is 14.4 Å². The van der Waals surface area contributed by atoms with E-state index in [0.29, 0.717) is 27.5 Å². The minimum Gasteiger partial charge on any atom is -0.486 e. The summed E-state index contributed by atoms with van der Waals surface area (Å²) in [6.07, 6.45) is -3.69. The zero-order valence-electron chi connectivity index (χ0n) is 29.3. The molecule has 4 aromatic heterocycles. The van der Waals surface area contributed by atoms with Crippen molar-refractivity contribution in [1.82, 2.24) is 15.0 Å². The van der Waals surface area contributed by atoms with Crippen LogP contribution in [0.25, 0.3) is 44.6 Å². The van der Waals surface area contributed by atoms with E-state index in [4.69, 9.17) is 11.3 Å². The Morgan fingerprint density at radius 2 is 1.65 bits per heavy atom. The number of furan rings is 1. The molecule has 0 aliphatic rings. The van der Waals surface area contributed by atoms with Gasteiger partial charge in [0.1, 0.15) is 0 Å². The molecule has 0 spiro atoms. The van der Waals surface area contributed by atoms with Crippen LogP contribution in [-0.2, 0) is 39.1 Å². The molecule has 4 heterocycles. The first-order chi connectivity index (χ1) is 23.7. The molecule has 8 heteroatoms. The minimum absolute atomic E-state index is 0. The molecule has 0 amide bonds. The number of nitrogens with zero attached hydrogens (tertiary/aromatic N) is 3. The van der Waals surface area contributed by atoms with Crippen LogP contribution in [0.2, 0.25) is 0 Å². The Hall–Kier alpha value is -4.65. The molecule has 233 valence electrons. The van der Waals surface area contributed by atoms with Crippen molar-refractivity contribution in [3.8, 4) is 22.5 Å². The van der Waals surface area contributed by atoms with E-state index in [1.807, 2.05) is 42.5 Å². The molecule has 0 unspecified atom stereocenters. The molecule has 0 aliphatic carbocycles. The van der Waals surface area contributed by atoms with Crippen molar-refractivity contribution in [3.63, 3.8) is 0 Å². The van der Waals surface area contributed by atoms with E-state index in [1.165, 1.54) is 19.1 Å². The SMILES string of the molecule is [2H]C([2H])([2H])c1ccc2c(n1)oc1c(-c3cc(Cc4ccc(C([2H])([2H])C)cc4)c(C(F)(F)F)cn3)[c-]ccc12.[Ir].[c-]1ccccc1-c1ccccn1. The number of benzene rings is 3. The topological polar surface area (TPSA) is 51.8 Å². The molecule has 46 heavy (non-hydrogen) atoms. The third-order valence-corrected chi connectivity index (χ3v) is 7.14. The first kappa shape index (κ1) is 26.6. The number of rotatable bonds is 5. The molecule has 0 fully saturated rings. The summed E-state index contributed by atoms with van der Waals surface area (Å²) >= 11 is 0. The Labute approximate surface area is 285 Å². The number of pyridine rings is 3. The molecular formula is C38H28F3IrN3O-2. The molecule has 1 radical (unpaired) electrons. The second-order valence-electron chi connectivity index (χ2n) is 10.1. The van der Waals surface area contributed by atoms with Crippen LogP contribution in [0.4, 0.5) is 13.2 Å². The van der Waals surface area contributed by atoms with E-state index in [2.05, 4.69) is 27.1 Å². The van der Waals surface area contributed by atoms with Crippen molar-refractivity contribution in [2.24, 2.45) is 0 Å². The van der Waals surface area contributed by atoms with Crippen LogP contribution in [0.1, 0.15) is 41.7 Å². The van der Waals surface area contributed by atoms with E-state index in [9.17, 15) is 13.2 Å². The van der Waals surface area contributed by atoms with Gasteiger partial charge in [-0.2, -0.15) is 13.2 Å². The molecule has 0 bridgehead atoms. The van der Waals surface area contributed by atoms with Gasteiger partial charge in [-0.15, -0.1) is 54.1 Å². The van der Waals surface area contributed by atoms with Gasteiger partial charge in [0.2, 0.25) is 5.71 Å². The third kappa shape index (κ3) is 7.25. The van der Waals surface area contributed by atoms with E-state index in [0.717, 1.165) is 17.5 Å². The summed E-state index contributed by atoms with van der Waals surface area (Å²) in [6.45, 7) is -1.02. The average molecular weight is 797 g/mol. The molecule has 0 N–H and O–H groups in total. The van der Waals surface area contributed by atoms with Gasteiger partial charge in [-0.1, -0.05) is 60.3 Å². The quantitative estimate of drug-likeness (QED) is 0.163. The Morgan fingerprint density at radius 3 is 2.35 bits per heavy atom. The fraction of sp³-hybridized carbons (Fsp3) is 0.132. The Balaban J connectivity index is 0.000000327. The van der Waals surface area contributed by atoms with Gasteiger partial charge in [-0.05, 0) is 65.9 Å². The van der Waals surface area contributed by atoms with Crippen LogP contribution in [0.5, 0.6) is 0 Å². The monoisotopic (exact) mass is 797 g/mol. The zero-order valence-corrected chi connectivity index (χ0v) is 26.7. The van der Waals surface area contributed by atoms with E-state index in [-0.39, 0.29) is 54.8 Å². The zero-order chi connectivity index (χ0) is 35.7. The molecule has 0 saturated heterocycles. The number of aromatic nitrogens is 3. The largest absolute Gasteiger partial charge is 0.486 e.